The first kappa shape index (κ1) is 18.2. The van der Waals surface area contributed by atoms with Crippen molar-refractivity contribution in [2.75, 3.05) is 0 Å². The third kappa shape index (κ3) is 3.95. The number of aliphatic carboxylic acids is 1. The third-order valence-corrected chi connectivity index (χ3v) is 4.96. The molecule has 1 heterocycles. The normalized spacial score (nSPS) is 15.8. The molecule has 1 aromatic carbocycles. The average molecular weight is 359 g/mol. The predicted molar refractivity (Wildman–Crippen MR) is 93.4 cm³/mol. The number of hydrogen-bond donors (Lipinski definition) is 2. The summed E-state index contributed by atoms with van der Waals surface area (Å²) in [5, 5.41) is 12.0. The minimum absolute atomic E-state index is 0.136. The number of carbonyl (C=O) groups is 2. The quantitative estimate of drug-likeness (QED) is 0.816. The maximum atomic E-state index is 13.7. The number of rotatable bonds is 6. The van der Waals surface area contributed by atoms with Crippen molar-refractivity contribution < 1.29 is 23.5 Å². The van der Waals surface area contributed by atoms with Crippen LogP contribution in [0.25, 0.3) is 0 Å². The Hall–Kier alpha value is -2.63. The van der Waals surface area contributed by atoms with Gasteiger partial charge >= 0.3 is 5.97 Å². The Morgan fingerprint density at radius 1 is 1.35 bits per heavy atom. The van der Waals surface area contributed by atoms with E-state index in [0.29, 0.717) is 5.56 Å². The summed E-state index contributed by atoms with van der Waals surface area (Å²) in [7, 11) is 0. The number of hydrogen-bond acceptors (Lipinski definition) is 3. The minimum Gasteiger partial charge on any atom is -0.481 e. The van der Waals surface area contributed by atoms with Crippen LogP contribution < -0.4 is 5.32 Å². The van der Waals surface area contributed by atoms with Crippen LogP contribution in [0.1, 0.15) is 59.0 Å². The number of amides is 1. The number of carbonyl (C=O) groups excluding carboxylic acids is 1. The Balaban J connectivity index is 1.88. The summed E-state index contributed by atoms with van der Waals surface area (Å²) in [4.78, 5) is 23.9. The molecule has 1 saturated carbocycles. The van der Waals surface area contributed by atoms with Crippen molar-refractivity contribution in [3.05, 3.63) is 58.8 Å². The first-order chi connectivity index (χ1) is 12.5. The molecule has 0 aliphatic heterocycles. The lowest BCUT2D eigenvalue weighted by Gasteiger charge is -2.25. The number of benzene rings is 1. The van der Waals surface area contributed by atoms with Crippen LogP contribution in [-0.4, -0.2) is 17.0 Å². The van der Waals surface area contributed by atoms with Crippen molar-refractivity contribution >= 4 is 11.9 Å². The molecule has 138 valence electrons. The van der Waals surface area contributed by atoms with Gasteiger partial charge < -0.3 is 14.8 Å². The molecule has 1 amide bonds. The van der Waals surface area contributed by atoms with E-state index in [1.54, 1.807) is 13.0 Å². The molecule has 26 heavy (non-hydrogen) atoms. The fourth-order valence-corrected chi connectivity index (χ4v) is 3.75. The van der Waals surface area contributed by atoms with Gasteiger partial charge in [-0.3, -0.25) is 9.59 Å². The van der Waals surface area contributed by atoms with E-state index in [0.717, 1.165) is 31.2 Å². The van der Waals surface area contributed by atoms with Crippen molar-refractivity contribution in [1.29, 1.82) is 0 Å². The molecule has 2 N–H and O–H groups in total. The molecule has 0 saturated heterocycles. The number of carboxylic acids is 1. The Kier molecular flexibility index (Phi) is 5.40. The van der Waals surface area contributed by atoms with Gasteiger partial charge in [-0.2, -0.15) is 0 Å². The molecule has 1 aliphatic carbocycles. The first-order valence-corrected chi connectivity index (χ1v) is 8.80. The summed E-state index contributed by atoms with van der Waals surface area (Å²) < 4.78 is 19.0. The second kappa shape index (κ2) is 7.72. The number of nitrogens with one attached hydrogen (secondary N) is 1. The van der Waals surface area contributed by atoms with E-state index in [4.69, 9.17) is 9.52 Å². The summed E-state index contributed by atoms with van der Waals surface area (Å²) in [5.74, 6) is -1.42. The Bertz CT molecular complexity index is 808. The van der Waals surface area contributed by atoms with Gasteiger partial charge in [0.05, 0.1) is 17.9 Å². The van der Waals surface area contributed by atoms with Gasteiger partial charge in [0, 0.05) is 5.56 Å². The lowest BCUT2D eigenvalue weighted by atomic mass is 9.91. The second-order valence-corrected chi connectivity index (χ2v) is 6.84. The van der Waals surface area contributed by atoms with Gasteiger partial charge in [-0.1, -0.05) is 25.0 Å². The molecule has 6 heteroatoms. The standard InChI is InChI=1S/C20H22FNO4/c1-12-11-26-16(10-17(23)24)18(12)20(25)22-19(13-5-2-3-6-13)14-7-4-8-15(21)9-14/h4,7-9,11,13,19H,2-3,5-6,10H2,1H3,(H,22,25)(H,23,24). The highest BCUT2D eigenvalue weighted by Gasteiger charge is 2.30. The van der Waals surface area contributed by atoms with Gasteiger partial charge in [0.15, 0.2) is 0 Å². The van der Waals surface area contributed by atoms with E-state index in [1.165, 1.54) is 18.4 Å². The third-order valence-electron chi connectivity index (χ3n) is 4.96. The van der Waals surface area contributed by atoms with Crippen LogP contribution >= 0.6 is 0 Å². The van der Waals surface area contributed by atoms with Gasteiger partial charge in [-0.05, 0) is 43.4 Å². The predicted octanol–water partition coefficient (Wildman–Crippen LogP) is 4.02. The molecule has 3 rings (SSSR count). The number of aryl methyl sites for hydroxylation is 1. The number of carboxylic acid groups (broad SMARTS) is 1. The van der Waals surface area contributed by atoms with Crippen LogP contribution in [0.4, 0.5) is 4.39 Å². The maximum absolute atomic E-state index is 13.7. The largest absolute Gasteiger partial charge is 0.481 e. The molecular formula is C20H22FNO4. The molecule has 1 aliphatic rings. The van der Waals surface area contributed by atoms with Crippen molar-refractivity contribution in [1.82, 2.24) is 5.32 Å². The average Bonchev–Trinajstić information content (AvgIpc) is 3.22. The second-order valence-electron chi connectivity index (χ2n) is 6.84. The molecule has 1 atom stereocenters. The summed E-state index contributed by atoms with van der Waals surface area (Å²) >= 11 is 0. The van der Waals surface area contributed by atoms with Crippen LogP contribution in [0.2, 0.25) is 0 Å². The molecule has 1 unspecified atom stereocenters. The molecular weight excluding hydrogens is 337 g/mol. The summed E-state index contributed by atoms with van der Waals surface area (Å²) in [6.45, 7) is 1.70. The zero-order chi connectivity index (χ0) is 18.7. The fourth-order valence-electron chi connectivity index (χ4n) is 3.75. The molecule has 0 radical (unpaired) electrons. The van der Waals surface area contributed by atoms with Gasteiger partial charge in [0.2, 0.25) is 0 Å². The molecule has 2 aromatic rings. The zero-order valence-electron chi connectivity index (χ0n) is 14.6. The van der Waals surface area contributed by atoms with Crippen molar-refractivity contribution in [2.24, 2.45) is 5.92 Å². The fraction of sp³-hybridized carbons (Fsp3) is 0.400. The smallest absolute Gasteiger partial charge is 0.311 e. The molecule has 0 bridgehead atoms. The van der Waals surface area contributed by atoms with Crippen LogP contribution in [0, 0.1) is 18.7 Å². The van der Waals surface area contributed by atoms with E-state index in [2.05, 4.69) is 5.32 Å². The highest BCUT2D eigenvalue weighted by Crippen LogP contribution is 2.36. The topological polar surface area (TPSA) is 79.5 Å². The van der Waals surface area contributed by atoms with Gasteiger partial charge in [0.25, 0.3) is 5.91 Å². The number of halogens is 1. The highest BCUT2D eigenvalue weighted by molar-refractivity contribution is 5.97. The Morgan fingerprint density at radius 3 is 2.73 bits per heavy atom. The van der Waals surface area contributed by atoms with Gasteiger partial charge in [0.1, 0.15) is 18.0 Å². The molecule has 5 nitrogen and oxygen atoms in total. The van der Waals surface area contributed by atoms with Crippen LogP contribution in [0.3, 0.4) is 0 Å². The van der Waals surface area contributed by atoms with E-state index >= 15 is 0 Å². The van der Waals surface area contributed by atoms with Gasteiger partial charge in [-0.15, -0.1) is 0 Å². The van der Waals surface area contributed by atoms with Crippen molar-refractivity contribution in [2.45, 2.75) is 45.1 Å². The molecule has 1 fully saturated rings. The monoisotopic (exact) mass is 359 g/mol. The lowest BCUT2D eigenvalue weighted by molar-refractivity contribution is -0.136. The number of furan rings is 1. The zero-order valence-corrected chi connectivity index (χ0v) is 14.6. The summed E-state index contributed by atoms with van der Waals surface area (Å²) in [6, 6.07) is 5.96. The van der Waals surface area contributed by atoms with E-state index in [9.17, 15) is 14.0 Å². The van der Waals surface area contributed by atoms with Crippen LogP contribution in [0.15, 0.2) is 34.9 Å². The molecule has 0 spiro atoms. The lowest BCUT2D eigenvalue weighted by Crippen LogP contribution is -2.33. The summed E-state index contributed by atoms with van der Waals surface area (Å²) in [6.07, 6.45) is 5.13. The molecule has 1 aromatic heterocycles. The van der Waals surface area contributed by atoms with Gasteiger partial charge in [-0.25, -0.2) is 4.39 Å². The minimum atomic E-state index is -1.06. The first-order valence-electron chi connectivity index (χ1n) is 8.80. The van der Waals surface area contributed by atoms with E-state index < -0.39 is 5.97 Å². The summed E-state index contributed by atoms with van der Waals surface area (Å²) in [5.41, 5.74) is 1.57. The Labute approximate surface area is 151 Å². The van der Waals surface area contributed by atoms with Crippen LogP contribution in [0.5, 0.6) is 0 Å². The maximum Gasteiger partial charge on any atom is 0.311 e. The van der Waals surface area contributed by atoms with E-state index in [-0.39, 0.29) is 41.4 Å². The van der Waals surface area contributed by atoms with Crippen molar-refractivity contribution in [3.63, 3.8) is 0 Å². The van der Waals surface area contributed by atoms with Crippen molar-refractivity contribution in [3.8, 4) is 0 Å². The Morgan fingerprint density at radius 2 is 2.08 bits per heavy atom. The van der Waals surface area contributed by atoms with Crippen LogP contribution in [-0.2, 0) is 11.2 Å². The van der Waals surface area contributed by atoms with E-state index in [1.807, 2.05) is 6.07 Å². The highest BCUT2D eigenvalue weighted by atomic mass is 19.1. The SMILES string of the molecule is Cc1coc(CC(=O)O)c1C(=O)NC(c1cccc(F)c1)C1CCCC1.